The van der Waals surface area contributed by atoms with Crippen molar-refractivity contribution in [2.24, 2.45) is 4.99 Å². The number of phenols is 1. The second-order valence-electron chi connectivity index (χ2n) is 4.55. The van der Waals surface area contributed by atoms with Gasteiger partial charge in [-0.2, -0.15) is 0 Å². The van der Waals surface area contributed by atoms with E-state index in [0.717, 1.165) is 15.7 Å². The molecular weight excluding hydrogens is 364 g/mol. The summed E-state index contributed by atoms with van der Waals surface area (Å²) in [5, 5.41) is 12.6. The van der Waals surface area contributed by atoms with Crippen LogP contribution in [0.4, 0.5) is 5.69 Å². The van der Waals surface area contributed by atoms with Gasteiger partial charge in [-0.05, 0) is 59.8 Å². The summed E-state index contributed by atoms with van der Waals surface area (Å²) in [6.45, 7) is 0. The van der Waals surface area contributed by atoms with E-state index in [4.69, 9.17) is 0 Å². The number of rotatable bonds is 2. The third-order valence-corrected chi connectivity index (χ3v) is 4.34. The maximum atomic E-state index is 12.0. The number of nitrogens with one attached hydrogen (secondary N) is 1. The van der Waals surface area contributed by atoms with Crippen LogP contribution in [0.2, 0.25) is 0 Å². The number of aromatic hydroxyl groups is 1. The molecule has 1 saturated heterocycles. The predicted octanol–water partition coefficient (Wildman–Crippen LogP) is 4.05. The molecule has 6 heteroatoms. The molecule has 1 fully saturated rings. The van der Waals surface area contributed by atoms with Gasteiger partial charge < -0.3 is 10.4 Å². The number of carbonyl (C=O) groups is 1. The van der Waals surface area contributed by atoms with E-state index in [-0.39, 0.29) is 11.7 Å². The lowest BCUT2D eigenvalue weighted by molar-refractivity contribution is -0.115. The highest BCUT2D eigenvalue weighted by Crippen LogP contribution is 2.28. The van der Waals surface area contributed by atoms with Crippen LogP contribution in [0.3, 0.4) is 0 Å². The molecule has 2 N–H and O–H groups in total. The van der Waals surface area contributed by atoms with Gasteiger partial charge >= 0.3 is 0 Å². The molecule has 110 valence electrons. The molecule has 0 spiro atoms. The van der Waals surface area contributed by atoms with E-state index >= 15 is 0 Å². The summed E-state index contributed by atoms with van der Waals surface area (Å²) in [5.41, 5.74) is 1.62. The van der Waals surface area contributed by atoms with E-state index in [1.807, 2.05) is 24.3 Å². The zero-order valence-electron chi connectivity index (χ0n) is 11.3. The molecule has 22 heavy (non-hydrogen) atoms. The zero-order valence-corrected chi connectivity index (χ0v) is 13.7. The maximum Gasteiger partial charge on any atom is 0.264 e. The Balaban J connectivity index is 1.80. The molecule has 1 aliphatic heterocycles. The molecule has 0 aromatic heterocycles. The Morgan fingerprint density at radius 2 is 1.77 bits per heavy atom. The van der Waals surface area contributed by atoms with Crippen LogP contribution in [0.25, 0.3) is 6.08 Å². The lowest BCUT2D eigenvalue weighted by atomic mass is 10.2. The van der Waals surface area contributed by atoms with E-state index < -0.39 is 0 Å². The quantitative estimate of drug-likeness (QED) is 0.779. The molecule has 4 nitrogen and oxygen atoms in total. The molecule has 0 saturated carbocycles. The molecule has 2 aromatic carbocycles. The summed E-state index contributed by atoms with van der Waals surface area (Å²) in [6.07, 6.45) is 1.77. The molecule has 1 amide bonds. The minimum Gasteiger partial charge on any atom is -0.508 e. The van der Waals surface area contributed by atoms with Gasteiger partial charge in [-0.25, -0.2) is 4.99 Å². The summed E-state index contributed by atoms with van der Waals surface area (Å²) in [6, 6.07) is 14.2. The van der Waals surface area contributed by atoms with Crippen molar-refractivity contribution in [3.05, 3.63) is 63.5 Å². The minimum absolute atomic E-state index is 0.172. The van der Waals surface area contributed by atoms with E-state index in [1.165, 1.54) is 11.8 Å². The van der Waals surface area contributed by atoms with Crippen molar-refractivity contribution in [3.63, 3.8) is 0 Å². The number of hydrogen-bond acceptors (Lipinski definition) is 4. The van der Waals surface area contributed by atoms with E-state index in [1.54, 1.807) is 30.3 Å². The Bertz CT molecular complexity index is 768. The molecule has 1 heterocycles. The zero-order chi connectivity index (χ0) is 15.5. The van der Waals surface area contributed by atoms with E-state index in [2.05, 4.69) is 26.2 Å². The first-order chi connectivity index (χ1) is 10.6. The lowest BCUT2D eigenvalue weighted by Crippen LogP contribution is -2.19. The van der Waals surface area contributed by atoms with Crippen molar-refractivity contribution in [3.8, 4) is 5.75 Å². The lowest BCUT2D eigenvalue weighted by Gasteiger charge is -1.96. The molecule has 0 unspecified atom stereocenters. The molecular formula is C16H11BrN2O2S. The molecule has 1 aliphatic rings. The van der Waals surface area contributed by atoms with Crippen molar-refractivity contribution in [2.45, 2.75) is 0 Å². The third-order valence-electron chi connectivity index (χ3n) is 2.90. The van der Waals surface area contributed by atoms with Crippen LogP contribution in [0.15, 0.2) is 62.9 Å². The van der Waals surface area contributed by atoms with Crippen molar-refractivity contribution < 1.29 is 9.90 Å². The fourth-order valence-electron chi connectivity index (χ4n) is 1.84. The second kappa shape index (κ2) is 6.37. The summed E-state index contributed by atoms with van der Waals surface area (Å²) in [5.74, 6) is 0.0251. The molecule has 3 rings (SSSR count). The van der Waals surface area contributed by atoms with Crippen molar-refractivity contribution >= 4 is 50.5 Å². The van der Waals surface area contributed by atoms with Gasteiger partial charge in [0.1, 0.15) is 5.75 Å². The molecule has 0 bridgehead atoms. The van der Waals surface area contributed by atoms with Crippen LogP contribution in [-0.4, -0.2) is 16.2 Å². The number of aliphatic imine (C=N–C) groups is 1. The summed E-state index contributed by atoms with van der Waals surface area (Å²) in [4.78, 5) is 16.9. The van der Waals surface area contributed by atoms with Gasteiger partial charge in [0.15, 0.2) is 5.17 Å². The summed E-state index contributed by atoms with van der Waals surface area (Å²) in [7, 11) is 0. The van der Waals surface area contributed by atoms with Crippen molar-refractivity contribution in [1.29, 1.82) is 0 Å². The van der Waals surface area contributed by atoms with Gasteiger partial charge in [0.2, 0.25) is 0 Å². The number of phenolic OH excluding ortho intramolecular Hbond substituents is 1. The molecule has 2 aromatic rings. The topological polar surface area (TPSA) is 61.7 Å². The average molecular weight is 375 g/mol. The van der Waals surface area contributed by atoms with Gasteiger partial charge in [-0.3, -0.25) is 4.79 Å². The number of hydrogen-bond donors (Lipinski definition) is 2. The minimum atomic E-state index is -0.172. The number of carbonyl (C=O) groups excluding carboxylic acids is 1. The van der Waals surface area contributed by atoms with Crippen molar-refractivity contribution in [1.82, 2.24) is 5.32 Å². The molecule has 0 aliphatic carbocycles. The Kier molecular flexibility index (Phi) is 4.31. The first-order valence-corrected chi connectivity index (χ1v) is 8.05. The van der Waals surface area contributed by atoms with E-state index in [0.29, 0.717) is 10.1 Å². The van der Waals surface area contributed by atoms with Crippen LogP contribution >= 0.6 is 27.7 Å². The first kappa shape index (κ1) is 14.9. The van der Waals surface area contributed by atoms with Gasteiger partial charge in [0.25, 0.3) is 5.91 Å². The number of thioether (sulfide) groups is 1. The molecule has 0 atom stereocenters. The maximum absolute atomic E-state index is 12.0. The van der Waals surface area contributed by atoms with E-state index in [9.17, 15) is 9.90 Å². The van der Waals surface area contributed by atoms with Gasteiger partial charge in [-0.15, -0.1) is 0 Å². The Morgan fingerprint density at radius 1 is 1.09 bits per heavy atom. The number of benzene rings is 2. The van der Waals surface area contributed by atoms with Crippen molar-refractivity contribution in [2.75, 3.05) is 0 Å². The third kappa shape index (κ3) is 3.58. The second-order valence-corrected chi connectivity index (χ2v) is 6.50. The first-order valence-electron chi connectivity index (χ1n) is 6.44. The highest BCUT2D eigenvalue weighted by atomic mass is 79.9. The Labute approximate surface area is 140 Å². The highest BCUT2D eigenvalue weighted by Gasteiger charge is 2.23. The summed E-state index contributed by atoms with van der Waals surface area (Å²) >= 11 is 4.66. The van der Waals surface area contributed by atoms with Crippen LogP contribution in [0.5, 0.6) is 5.75 Å². The summed E-state index contributed by atoms with van der Waals surface area (Å²) < 4.78 is 0.979. The SMILES string of the molecule is O=C1NC(=Nc2ccc(Br)cc2)S/C1=C\c1ccc(O)cc1. The number of nitrogens with zero attached hydrogens (tertiary/aromatic N) is 1. The normalized spacial score (nSPS) is 18.0. The predicted molar refractivity (Wildman–Crippen MR) is 93.1 cm³/mol. The number of halogens is 1. The van der Waals surface area contributed by atoms with Crippen LogP contribution in [0.1, 0.15) is 5.56 Å². The van der Waals surface area contributed by atoms with Gasteiger partial charge in [0.05, 0.1) is 10.6 Å². The fraction of sp³-hybridized carbons (Fsp3) is 0. The fourth-order valence-corrected chi connectivity index (χ4v) is 2.94. The highest BCUT2D eigenvalue weighted by molar-refractivity contribution is 9.10. The Morgan fingerprint density at radius 3 is 2.45 bits per heavy atom. The largest absolute Gasteiger partial charge is 0.508 e. The number of amides is 1. The van der Waals surface area contributed by atoms with Crippen LogP contribution in [0, 0.1) is 0 Å². The standard InChI is InChI=1S/C16H11BrN2O2S/c17-11-3-5-12(6-4-11)18-16-19-15(21)14(22-16)9-10-1-7-13(20)8-2-10/h1-9,20H,(H,18,19,21)/b14-9-. The molecule has 0 radical (unpaired) electrons. The number of amidine groups is 1. The Hall–Kier alpha value is -2.05. The van der Waals surface area contributed by atoms with Crippen LogP contribution in [-0.2, 0) is 4.79 Å². The van der Waals surface area contributed by atoms with Crippen LogP contribution < -0.4 is 5.32 Å². The van der Waals surface area contributed by atoms with Gasteiger partial charge in [0, 0.05) is 4.47 Å². The smallest absolute Gasteiger partial charge is 0.264 e. The van der Waals surface area contributed by atoms with Gasteiger partial charge in [-0.1, -0.05) is 28.1 Å². The monoisotopic (exact) mass is 374 g/mol. The average Bonchev–Trinajstić information content (AvgIpc) is 2.84.